The van der Waals surface area contributed by atoms with Gasteiger partial charge >= 0.3 is 0 Å². The van der Waals surface area contributed by atoms with Crippen molar-refractivity contribution in [1.29, 1.82) is 0 Å². The van der Waals surface area contributed by atoms with Gasteiger partial charge in [-0.15, -0.1) is 5.10 Å². The number of nitrogens with two attached hydrogens (primary N) is 1. The molecule has 14 heteroatoms. The Morgan fingerprint density at radius 1 is 1.00 bits per heavy atom. The van der Waals surface area contributed by atoms with Crippen molar-refractivity contribution in [2.24, 2.45) is 5.10 Å². The lowest BCUT2D eigenvalue weighted by Gasteiger charge is -1.97. The summed E-state index contributed by atoms with van der Waals surface area (Å²) in [5.74, 6) is 0. The van der Waals surface area contributed by atoms with Crippen LogP contribution in [0.4, 0.5) is 10.8 Å². The van der Waals surface area contributed by atoms with Crippen LogP contribution in [-0.2, 0) is 20.2 Å². The Morgan fingerprint density at radius 2 is 1.68 bits per heavy atom. The number of quaternary nitrogens is 1. The van der Waals surface area contributed by atoms with Crippen molar-refractivity contribution >= 4 is 69.5 Å². The van der Waals surface area contributed by atoms with Gasteiger partial charge in [-0.1, -0.05) is 11.3 Å². The second-order valence-corrected chi connectivity index (χ2v) is 10.5. The van der Waals surface area contributed by atoms with Crippen LogP contribution in [0, 0.1) is 0 Å². The van der Waals surface area contributed by atoms with E-state index in [0.717, 1.165) is 17.0 Å². The molecule has 2 heterocycles. The van der Waals surface area contributed by atoms with Crippen LogP contribution in [0.3, 0.4) is 0 Å². The predicted molar refractivity (Wildman–Crippen MR) is 104 cm³/mol. The van der Waals surface area contributed by atoms with Gasteiger partial charge in [0.15, 0.2) is 5.69 Å². The second kappa shape index (κ2) is 6.77. The molecule has 4 rings (SSSR count). The summed E-state index contributed by atoms with van der Waals surface area (Å²) in [7, 11) is -8.57. The molecule has 1 aliphatic heterocycles. The number of aromatic nitrogens is 1. The SMILES string of the molecule is O=S(=O)(O)c1ccc2c(c1)SC(=NNc1nc3ccc(S(=O)(=O)O)cc3s1)[NH2+]2. The third-order valence-electron chi connectivity index (χ3n) is 3.70. The second-order valence-electron chi connectivity index (χ2n) is 5.61. The molecule has 0 spiro atoms. The highest BCUT2D eigenvalue weighted by Crippen LogP contribution is 2.32. The van der Waals surface area contributed by atoms with Crippen molar-refractivity contribution in [3.05, 3.63) is 36.4 Å². The molecule has 1 aromatic heterocycles. The zero-order chi connectivity index (χ0) is 20.1. The van der Waals surface area contributed by atoms with E-state index in [4.69, 9.17) is 9.11 Å². The van der Waals surface area contributed by atoms with Gasteiger partial charge in [0.25, 0.3) is 25.4 Å². The van der Waals surface area contributed by atoms with Gasteiger partial charge in [0.1, 0.15) is 0 Å². The van der Waals surface area contributed by atoms with Crippen LogP contribution in [0.15, 0.2) is 56.2 Å². The molecule has 0 saturated carbocycles. The highest BCUT2D eigenvalue weighted by molar-refractivity contribution is 8.13. The molecular formula is C14H11N4O6S4+. The molecule has 10 nitrogen and oxygen atoms in total. The maximum Gasteiger partial charge on any atom is 0.294 e. The molecule has 0 fully saturated rings. The Hall–Kier alpha value is -2.07. The zero-order valence-corrected chi connectivity index (χ0v) is 16.9. The molecule has 0 radical (unpaired) electrons. The number of hydrogen-bond donors (Lipinski definition) is 4. The van der Waals surface area contributed by atoms with Crippen LogP contribution >= 0.6 is 23.1 Å². The smallest absolute Gasteiger partial charge is 0.282 e. The number of nitrogens with one attached hydrogen (secondary N) is 1. The summed E-state index contributed by atoms with van der Waals surface area (Å²) in [6.07, 6.45) is 0. The first-order valence-corrected chi connectivity index (χ1v) is 12.0. The van der Waals surface area contributed by atoms with Crippen LogP contribution in [-0.4, -0.2) is 36.1 Å². The van der Waals surface area contributed by atoms with Gasteiger partial charge in [0.2, 0.25) is 5.13 Å². The molecule has 0 atom stereocenters. The molecule has 3 aromatic rings. The normalized spacial score (nSPS) is 15.9. The van der Waals surface area contributed by atoms with E-state index in [1.807, 2.05) is 0 Å². The quantitative estimate of drug-likeness (QED) is 0.257. The van der Waals surface area contributed by atoms with Gasteiger partial charge in [-0.3, -0.25) is 14.4 Å². The monoisotopic (exact) mass is 459 g/mol. The van der Waals surface area contributed by atoms with E-state index in [0.29, 0.717) is 25.4 Å². The number of benzene rings is 2. The molecule has 5 N–H and O–H groups in total. The van der Waals surface area contributed by atoms with E-state index in [1.165, 1.54) is 42.1 Å². The molecule has 1 aliphatic rings. The third-order valence-corrected chi connectivity index (χ3v) is 7.31. The minimum atomic E-state index is -4.29. The largest absolute Gasteiger partial charge is 0.294 e. The number of rotatable bonds is 4. The minimum Gasteiger partial charge on any atom is -0.282 e. The Morgan fingerprint density at radius 3 is 2.39 bits per heavy atom. The maximum atomic E-state index is 11.2. The van der Waals surface area contributed by atoms with Gasteiger partial charge < -0.3 is 0 Å². The van der Waals surface area contributed by atoms with E-state index in [1.54, 1.807) is 11.4 Å². The minimum absolute atomic E-state index is 0.192. The lowest BCUT2D eigenvalue weighted by Crippen LogP contribution is -2.79. The lowest BCUT2D eigenvalue weighted by molar-refractivity contribution is -0.437. The fourth-order valence-corrected chi connectivity index (χ4v) is 5.37. The average molecular weight is 460 g/mol. The molecule has 0 aliphatic carbocycles. The standard InChI is InChI=1S/C14H10N4O6S4/c19-27(20,21)7-1-3-9-11(5-7)25-13(15-9)17-18-14-16-10-4-2-8(28(22,23)24)6-12(10)26-14/h1-6H,(H,15,17)(H,16,18)(H,19,20,21)(H,22,23,24)/p+1. The first-order chi connectivity index (χ1) is 13.1. The lowest BCUT2D eigenvalue weighted by atomic mass is 10.3. The van der Waals surface area contributed by atoms with Crippen molar-refractivity contribution in [3.8, 4) is 0 Å². The Kier molecular flexibility index (Phi) is 4.65. The van der Waals surface area contributed by atoms with E-state index in [2.05, 4.69) is 15.5 Å². The summed E-state index contributed by atoms with van der Waals surface area (Å²) < 4.78 is 63.7. The summed E-state index contributed by atoms with van der Waals surface area (Å²) in [5, 5.41) is 6.92. The zero-order valence-electron chi connectivity index (χ0n) is 13.6. The highest BCUT2D eigenvalue weighted by Gasteiger charge is 2.25. The van der Waals surface area contributed by atoms with Crippen molar-refractivity contribution in [2.45, 2.75) is 14.7 Å². The van der Waals surface area contributed by atoms with E-state index in [-0.39, 0.29) is 9.79 Å². The Balaban J connectivity index is 1.55. The van der Waals surface area contributed by atoms with Crippen molar-refractivity contribution in [3.63, 3.8) is 0 Å². The number of hydrazone groups is 1. The number of thioether (sulfide) groups is 1. The highest BCUT2D eigenvalue weighted by atomic mass is 32.2. The summed E-state index contributed by atoms with van der Waals surface area (Å²) >= 11 is 2.38. The molecule has 0 unspecified atom stereocenters. The summed E-state index contributed by atoms with van der Waals surface area (Å²) in [6, 6.07) is 8.31. The topological polar surface area (TPSA) is 163 Å². The van der Waals surface area contributed by atoms with Gasteiger partial charge in [-0.2, -0.15) is 16.8 Å². The molecule has 0 amide bonds. The molecule has 0 saturated heterocycles. The summed E-state index contributed by atoms with van der Waals surface area (Å²) in [5.41, 5.74) is 4.09. The molecule has 28 heavy (non-hydrogen) atoms. The third kappa shape index (κ3) is 3.88. The van der Waals surface area contributed by atoms with Crippen LogP contribution in [0.5, 0.6) is 0 Å². The van der Waals surface area contributed by atoms with Crippen LogP contribution in [0.1, 0.15) is 0 Å². The first-order valence-electron chi connectivity index (χ1n) is 7.45. The van der Waals surface area contributed by atoms with Crippen LogP contribution < -0.4 is 10.7 Å². The number of fused-ring (bicyclic) bond motifs is 2. The van der Waals surface area contributed by atoms with Gasteiger partial charge in [0.05, 0.1) is 24.9 Å². The number of nitrogens with zero attached hydrogens (tertiary/aromatic N) is 2. The van der Waals surface area contributed by atoms with Gasteiger partial charge in [-0.25, -0.2) is 10.4 Å². The van der Waals surface area contributed by atoms with E-state index in [9.17, 15) is 16.8 Å². The summed E-state index contributed by atoms with van der Waals surface area (Å²) in [6.45, 7) is 0. The Labute approximate surface area is 167 Å². The van der Waals surface area contributed by atoms with Crippen molar-refractivity contribution < 1.29 is 31.3 Å². The maximum absolute atomic E-state index is 11.2. The fourth-order valence-electron chi connectivity index (χ4n) is 2.43. The van der Waals surface area contributed by atoms with Crippen molar-refractivity contribution in [1.82, 2.24) is 4.98 Å². The number of amidine groups is 1. The Bertz CT molecular complexity index is 1350. The van der Waals surface area contributed by atoms with E-state index < -0.39 is 20.2 Å². The number of anilines is 1. The molecular weight excluding hydrogens is 448 g/mol. The molecule has 146 valence electrons. The average Bonchev–Trinajstić information content (AvgIpc) is 3.19. The predicted octanol–water partition coefficient (Wildman–Crippen LogP) is 1.47. The molecule has 2 aromatic carbocycles. The fraction of sp³-hybridized carbons (Fsp3) is 0. The first kappa shape index (κ1) is 19.3. The van der Waals surface area contributed by atoms with Gasteiger partial charge in [0, 0.05) is 6.07 Å². The van der Waals surface area contributed by atoms with E-state index >= 15 is 0 Å². The van der Waals surface area contributed by atoms with Crippen LogP contribution in [0.2, 0.25) is 0 Å². The number of thiazole rings is 1. The number of hydrogen-bond acceptors (Lipinski definition) is 9. The van der Waals surface area contributed by atoms with Crippen molar-refractivity contribution in [2.75, 3.05) is 5.43 Å². The molecule has 0 bridgehead atoms. The van der Waals surface area contributed by atoms with Crippen LogP contribution in [0.25, 0.3) is 10.2 Å². The summed E-state index contributed by atoms with van der Waals surface area (Å²) in [4.78, 5) is 4.51. The van der Waals surface area contributed by atoms with Gasteiger partial charge in [-0.05, 0) is 42.1 Å².